The Kier molecular flexibility index (Phi) is 7.77. The Morgan fingerprint density at radius 1 is 1.32 bits per heavy atom. The van der Waals surface area contributed by atoms with Gasteiger partial charge in [0.2, 0.25) is 5.75 Å². The molecule has 0 radical (unpaired) electrons. The van der Waals surface area contributed by atoms with Crippen molar-refractivity contribution in [2.24, 2.45) is 5.10 Å². The highest BCUT2D eigenvalue weighted by molar-refractivity contribution is 7.80. The van der Waals surface area contributed by atoms with Crippen LogP contribution in [0.4, 0.5) is 0 Å². The van der Waals surface area contributed by atoms with Crippen molar-refractivity contribution in [3.63, 3.8) is 0 Å². The molecule has 0 spiro atoms. The SMILES string of the molecule is C=CCNC(=S)N/N=C/c1cc(OC)c(OCC)c(OC)c1. The van der Waals surface area contributed by atoms with E-state index in [-0.39, 0.29) is 0 Å². The van der Waals surface area contributed by atoms with Gasteiger partial charge >= 0.3 is 0 Å². The number of hydrogen-bond acceptors (Lipinski definition) is 5. The second kappa shape index (κ2) is 9.62. The number of thiocarbonyl (C=S) groups is 1. The van der Waals surface area contributed by atoms with E-state index in [9.17, 15) is 0 Å². The van der Waals surface area contributed by atoms with Crippen LogP contribution in [-0.4, -0.2) is 38.7 Å². The number of nitrogens with one attached hydrogen (secondary N) is 2. The summed E-state index contributed by atoms with van der Waals surface area (Å²) in [5, 5.41) is 7.38. The number of hydrazone groups is 1. The Hall–Kier alpha value is -2.28. The van der Waals surface area contributed by atoms with Crippen molar-refractivity contribution in [2.75, 3.05) is 27.4 Å². The Bertz CT molecular complexity index is 522. The zero-order valence-electron chi connectivity index (χ0n) is 13.0. The molecule has 0 bridgehead atoms. The van der Waals surface area contributed by atoms with Gasteiger partial charge in [-0.25, -0.2) is 0 Å². The van der Waals surface area contributed by atoms with E-state index in [1.165, 1.54) is 0 Å². The third-order valence-electron chi connectivity index (χ3n) is 2.56. The molecule has 1 rings (SSSR count). The number of hydrogen-bond donors (Lipinski definition) is 2. The summed E-state index contributed by atoms with van der Waals surface area (Å²) in [6, 6.07) is 3.61. The molecule has 0 aliphatic heterocycles. The van der Waals surface area contributed by atoms with Gasteiger partial charge in [0, 0.05) is 12.1 Å². The fourth-order valence-electron chi connectivity index (χ4n) is 1.63. The van der Waals surface area contributed by atoms with Crippen molar-refractivity contribution < 1.29 is 14.2 Å². The van der Waals surface area contributed by atoms with E-state index in [1.54, 1.807) is 38.6 Å². The van der Waals surface area contributed by atoms with Crippen LogP contribution in [0.3, 0.4) is 0 Å². The largest absolute Gasteiger partial charge is 0.493 e. The second-order valence-electron chi connectivity index (χ2n) is 4.06. The summed E-state index contributed by atoms with van der Waals surface area (Å²) in [6.07, 6.45) is 3.32. The minimum absolute atomic E-state index is 0.418. The summed E-state index contributed by atoms with van der Waals surface area (Å²) in [7, 11) is 3.15. The van der Waals surface area contributed by atoms with Gasteiger partial charge in [0.15, 0.2) is 16.6 Å². The first kappa shape index (κ1) is 17.8. The summed E-state index contributed by atoms with van der Waals surface area (Å²) >= 11 is 5.03. The molecule has 1 aromatic rings. The maximum atomic E-state index is 5.54. The molecule has 22 heavy (non-hydrogen) atoms. The molecule has 0 aliphatic carbocycles. The maximum absolute atomic E-state index is 5.54. The van der Waals surface area contributed by atoms with Crippen LogP contribution < -0.4 is 25.0 Å². The van der Waals surface area contributed by atoms with Crippen molar-refractivity contribution in [1.82, 2.24) is 10.7 Å². The number of nitrogens with zero attached hydrogens (tertiary/aromatic N) is 1. The van der Waals surface area contributed by atoms with Gasteiger partial charge in [-0.15, -0.1) is 6.58 Å². The number of methoxy groups -OCH3 is 2. The van der Waals surface area contributed by atoms with E-state index >= 15 is 0 Å². The zero-order valence-corrected chi connectivity index (χ0v) is 13.8. The van der Waals surface area contributed by atoms with Crippen LogP contribution in [0.1, 0.15) is 12.5 Å². The predicted octanol–water partition coefficient (Wildman–Crippen LogP) is 2.09. The van der Waals surface area contributed by atoms with Gasteiger partial charge in [0.05, 0.1) is 27.0 Å². The first-order valence-electron chi connectivity index (χ1n) is 6.72. The van der Waals surface area contributed by atoms with Crippen LogP contribution in [0.2, 0.25) is 0 Å². The molecule has 0 fully saturated rings. The molecule has 0 saturated carbocycles. The fourth-order valence-corrected chi connectivity index (χ4v) is 1.77. The molecule has 0 aliphatic rings. The van der Waals surface area contributed by atoms with E-state index in [0.717, 1.165) is 5.56 Å². The van der Waals surface area contributed by atoms with Gasteiger partial charge in [-0.05, 0) is 31.3 Å². The van der Waals surface area contributed by atoms with E-state index in [0.29, 0.717) is 35.5 Å². The summed E-state index contributed by atoms with van der Waals surface area (Å²) in [5.41, 5.74) is 3.50. The minimum Gasteiger partial charge on any atom is -0.493 e. The van der Waals surface area contributed by atoms with E-state index in [2.05, 4.69) is 22.4 Å². The minimum atomic E-state index is 0.418. The molecule has 1 aromatic carbocycles. The van der Waals surface area contributed by atoms with Crippen molar-refractivity contribution >= 4 is 23.5 Å². The topological polar surface area (TPSA) is 64.1 Å². The lowest BCUT2D eigenvalue weighted by molar-refractivity contribution is 0.288. The van der Waals surface area contributed by atoms with Crippen LogP contribution in [-0.2, 0) is 0 Å². The van der Waals surface area contributed by atoms with Crippen LogP contribution in [0.25, 0.3) is 0 Å². The third-order valence-corrected chi connectivity index (χ3v) is 2.79. The van der Waals surface area contributed by atoms with Gasteiger partial charge < -0.3 is 19.5 Å². The summed E-state index contributed by atoms with van der Waals surface area (Å²) in [4.78, 5) is 0. The van der Waals surface area contributed by atoms with Crippen LogP contribution in [0.5, 0.6) is 17.2 Å². The molecule has 0 heterocycles. The molecule has 7 heteroatoms. The molecule has 0 unspecified atom stereocenters. The lowest BCUT2D eigenvalue weighted by Gasteiger charge is -2.14. The monoisotopic (exact) mass is 323 g/mol. The Balaban J connectivity index is 2.86. The van der Waals surface area contributed by atoms with Crippen LogP contribution in [0, 0.1) is 0 Å². The quantitative estimate of drug-likeness (QED) is 0.330. The first-order chi connectivity index (χ1) is 10.7. The van der Waals surface area contributed by atoms with E-state index in [4.69, 9.17) is 26.4 Å². The molecular formula is C15H21N3O3S. The predicted molar refractivity (Wildman–Crippen MR) is 92.2 cm³/mol. The van der Waals surface area contributed by atoms with Gasteiger partial charge in [-0.2, -0.15) is 5.10 Å². The molecule has 2 N–H and O–H groups in total. The first-order valence-corrected chi connectivity index (χ1v) is 7.13. The van der Waals surface area contributed by atoms with Crippen molar-refractivity contribution in [3.05, 3.63) is 30.4 Å². The Morgan fingerprint density at radius 3 is 2.45 bits per heavy atom. The molecule has 0 atom stereocenters. The van der Waals surface area contributed by atoms with Crippen molar-refractivity contribution in [1.29, 1.82) is 0 Å². The lowest BCUT2D eigenvalue weighted by atomic mass is 10.2. The third kappa shape index (κ3) is 5.25. The van der Waals surface area contributed by atoms with Gasteiger partial charge in [-0.1, -0.05) is 6.08 Å². The molecule has 0 amide bonds. The molecule has 0 saturated heterocycles. The number of benzene rings is 1. The van der Waals surface area contributed by atoms with E-state index in [1.807, 2.05) is 6.92 Å². The van der Waals surface area contributed by atoms with E-state index < -0.39 is 0 Å². The summed E-state index contributed by atoms with van der Waals surface area (Å²) < 4.78 is 16.2. The Morgan fingerprint density at radius 2 is 1.95 bits per heavy atom. The number of ether oxygens (including phenoxy) is 3. The smallest absolute Gasteiger partial charge is 0.203 e. The lowest BCUT2D eigenvalue weighted by Crippen LogP contribution is -2.31. The van der Waals surface area contributed by atoms with Gasteiger partial charge in [-0.3, -0.25) is 5.43 Å². The van der Waals surface area contributed by atoms with Crippen molar-refractivity contribution in [3.8, 4) is 17.2 Å². The molecule has 0 aromatic heterocycles. The van der Waals surface area contributed by atoms with Crippen LogP contribution >= 0.6 is 12.2 Å². The number of rotatable bonds is 8. The average Bonchev–Trinajstić information content (AvgIpc) is 2.53. The van der Waals surface area contributed by atoms with Crippen LogP contribution in [0.15, 0.2) is 29.9 Å². The average molecular weight is 323 g/mol. The molecule has 6 nitrogen and oxygen atoms in total. The second-order valence-corrected chi connectivity index (χ2v) is 4.46. The highest BCUT2D eigenvalue weighted by atomic mass is 32.1. The standard InChI is InChI=1S/C15H21N3O3S/c1-5-7-16-15(22)18-17-10-11-8-12(19-3)14(21-6-2)13(9-11)20-4/h5,8-10H,1,6-7H2,2-4H3,(H2,16,18,22)/b17-10+. The summed E-state index contributed by atoms with van der Waals surface area (Å²) in [5.74, 6) is 1.73. The van der Waals surface area contributed by atoms with Crippen molar-refractivity contribution in [2.45, 2.75) is 6.92 Å². The zero-order chi connectivity index (χ0) is 16.4. The highest BCUT2D eigenvalue weighted by Gasteiger charge is 2.13. The Labute approximate surface area is 136 Å². The highest BCUT2D eigenvalue weighted by Crippen LogP contribution is 2.38. The molecular weight excluding hydrogens is 302 g/mol. The maximum Gasteiger partial charge on any atom is 0.203 e. The normalized spacial score (nSPS) is 10.1. The molecule has 120 valence electrons. The summed E-state index contributed by atoms with van der Waals surface area (Å²) in [6.45, 7) is 6.59. The van der Waals surface area contributed by atoms with Gasteiger partial charge in [0.25, 0.3) is 0 Å². The van der Waals surface area contributed by atoms with Gasteiger partial charge in [0.1, 0.15) is 0 Å². The fraction of sp³-hybridized carbons (Fsp3) is 0.333.